The fourth-order valence-corrected chi connectivity index (χ4v) is 3.33. The lowest BCUT2D eigenvalue weighted by molar-refractivity contribution is -0.115. The van der Waals surface area contributed by atoms with Crippen molar-refractivity contribution in [1.29, 1.82) is 0 Å². The number of nitrogens with one attached hydrogen (secondary N) is 1. The Morgan fingerprint density at radius 3 is 3.04 bits per heavy atom. The highest BCUT2D eigenvalue weighted by Crippen LogP contribution is 2.37. The maximum atomic E-state index is 12.5. The number of fused-ring (bicyclic) bond motifs is 1. The molecule has 1 saturated carbocycles. The first-order valence-corrected chi connectivity index (χ1v) is 8.69. The van der Waals surface area contributed by atoms with Crippen molar-refractivity contribution >= 4 is 34.3 Å². The molecule has 8 heteroatoms. The predicted octanol–water partition coefficient (Wildman–Crippen LogP) is 2.68. The van der Waals surface area contributed by atoms with Crippen LogP contribution in [0.5, 0.6) is 0 Å². The number of thioether (sulfide) groups is 1. The van der Waals surface area contributed by atoms with Crippen LogP contribution >= 0.6 is 11.8 Å². The van der Waals surface area contributed by atoms with Gasteiger partial charge in [-0.2, -0.15) is 0 Å². The average Bonchev–Trinajstić information content (AvgIpc) is 3.34. The highest BCUT2D eigenvalue weighted by molar-refractivity contribution is 8.00. The first-order chi connectivity index (χ1) is 11.7. The van der Waals surface area contributed by atoms with E-state index in [2.05, 4.69) is 25.8 Å². The predicted molar refractivity (Wildman–Crippen MR) is 91.8 cm³/mol. The van der Waals surface area contributed by atoms with Gasteiger partial charge in [0.1, 0.15) is 0 Å². The molecule has 4 rings (SSSR count). The van der Waals surface area contributed by atoms with Crippen LogP contribution in [-0.4, -0.2) is 36.3 Å². The van der Waals surface area contributed by atoms with Gasteiger partial charge in [0.05, 0.1) is 22.5 Å². The van der Waals surface area contributed by atoms with Crippen molar-refractivity contribution in [3.8, 4) is 0 Å². The van der Waals surface area contributed by atoms with E-state index in [9.17, 15) is 4.79 Å². The molecule has 1 aliphatic carbocycles. The number of hydrogen-bond donors (Lipinski definition) is 1. The second-order valence-electron chi connectivity index (χ2n) is 5.76. The molecule has 7 nitrogen and oxygen atoms in total. The number of carbonyl (C=O) groups excluding carboxylic acids is 1. The number of amides is 1. The maximum absolute atomic E-state index is 12.5. The minimum absolute atomic E-state index is 0.0818. The minimum atomic E-state index is -0.305. The largest absolute Gasteiger partial charge is 0.324 e. The lowest BCUT2D eigenvalue weighted by Crippen LogP contribution is -2.23. The molecule has 1 fully saturated rings. The van der Waals surface area contributed by atoms with Crippen molar-refractivity contribution in [3.63, 3.8) is 0 Å². The fourth-order valence-electron chi connectivity index (χ4n) is 2.47. The maximum Gasteiger partial charge on any atom is 0.237 e. The number of tetrazole rings is 1. The summed E-state index contributed by atoms with van der Waals surface area (Å²) >= 11 is 1.38. The smallest absolute Gasteiger partial charge is 0.237 e. The molecule has 0 spiro atoms. The number of rotatable bonds is 5. The number of benzene rings is 1. The lowest BCUT2D eigenvalue weighted by atomic mass is 10.2. The summed E-state index contributed by atoms with van der Waals surface area (Å²) in [5, 5.41) is 16.1. The Kier molecular flexibility index (Phi) is 3.89. The van der Waals surface area contributed by atoms with Crippen molar-refractivity contribution in [2.24, 2.45) is 0 Å². The second-order valence-corrected chi connectivity index (χ2v) is 7.07. The Morgan fingerprint density at radius 2 is 2.21 bits per heavy atom. The van der Waals surface area contributed by atoms with Gasteiger partial charge in [-0.3, -0.25) is 9.78 Å². The van der Waals surface area contributed by atoms with Crippen molar-refractivity contribution < 1.29 is 4.79 Å². The van der Waals surface area contributed by atoms with Crippen LogP contribution in [0, 0.1) is 0 Å². The van der Waals surface area contributed by atoms with E-state index in [0.717, 1.165) is 29.4 Å². The van der Waals surface area contributed by atoms with Gasteiger partial charge >= 0.3 is 0 Å². The zero-order valence-electron chi connectivity index (χ0n) is 13.1. The molecule has 1 amide bonds. The molecule has 0 saturated heterocycles. The van der Waals surface area contributed by atoms with Gasteiger partial charge in [-0.15, -0.1) is 5.10 Å². The number of hydrogen-bond acceptors (Lipinski definition) is 6. The molecule has 1 atom stereocenters. The van der Waals surface area contributed by atoms with Crippen LogP contribution in [0.3, 0.4) is 0 Å². The summed E-state index contributed by atoms with van der Waals surface area (Å²) in [5.74, 6) is -0.0818. The summed E-state index contributed by atoms with van der Waals surface area (Å²) < 4.78 is 1.82. The van der Waals surface area contributed by atoms with Gasteiger partial charge in [-0.25, -0.2) is 4.68 Å². The molecule has 1 N–H and O–H groups in total. The molecule has 122 valence electrons. The van der Waals surface area contributed by atoms with E-state index < -0.39 is 0 Å². The molecule has 2 heterocycles. The SMILES string of the molecule is CC(Sc1nnnn1C1CC1)C(=O)Nc1cccc2ncccc12. The summed E-state index contributed by atoms with van der Waals surface area (Å²) in [5.41, 5.74) is 1.62. The van der Waals surface area contributed by atoms with Gasteiger partial charge in [0, 0.05) is 11.6 Å². The average molecular weight is 340 g/mol. The van der Waals surface area contributed by atoms with E-state index in [4.69, 9.17) is 0 Å². The molecule has 3 aromatic rings. The first kappa shape index (κ1) is 15.1. The molecule has 0 radical (unpaired) electrons. The zero-order valence-corrected chi connectivity index (χ0v) is 13.9. The van der Waals surface area contributed by atoms with Crippen molar-refractivity contribution in [2.75, 3.05) is 5.32 Å². The summed E-state index contributed by atoms with van der Waals surface area (Å²) in [6, 6.07) is 9.89. The van der Waals surface area contributed by atoms with E-state index in [-0.39, 0.29) is 11.2 Å². The summed E-state index contributed by atoms with van der Waals surface area (Å²) in [6.45, 7) is 1.86. The van der Waals surface area contributed by atoms with E-state index in [1.165, 1.54) is 11.8 Å². The normalized spacial score (nSPS) is 15.4. The third-order valence-corrected chi connectivity index (χ3v) is 4.96. The monoisotopic (exact) mass is 340 g/mol. The molecular formula is C16H16N6OS. The van der Waals surface area contributed by atoms with Crippen LogP contribution in [0.25, 0.3) is 10.9 Å². The van der Waals surface area contributed by atoms with Crippen LogP contribution in [0.1, 0.15) is 25.8 Å². The van der Waals surface area contributed by atoms with Crippen LogP contribution in [0.15, 0.2) is 41.7 Å². The van der Waals surface area contributed by atoms with Gasteiger partial charge in [0.25, 0.3) is 0 Å². The second kappa shape index (κ2) is 6.20. The quantitative estimate of drug-likeness (QED) is 0.719. The van der Waals surface area contributed by atoms with Gasteiger partial charge < -0.3 is 5.32 Å². The minimum Gasteiger partial charge on any atom is -0.324 e. The lowest BCUT2D eigenvalue weighted by Gasteiger charge is -2.13. The summed E-state index contributed by atoms with van der Waals surface area (Å²) in [6.07, 6.45) is 3.94. The van der Waals surface area contributed by atoms with Crippen LogP contribution in [0.4, 0.5) is 5.69 Å². The van der Waals surface area contributed by atoms with E-state index in [1.54, 1.807) is 6.20 Å². The van der Waals surface area contributed by atoms with E-state index >= 15 is 0 Å². The number of nitrogens with zero attached hydrogens (tertiary/aromatic N) is 5. The fraction of sp³-hybridized carbons (Fsp3) is 0.312. The Balaban J connectivity index is 1.49. The molecule has 24 heavy (non-hydrogen) atoms. The van der Waals surface area contributed by atoms with Gasteiger partial charge in [0.2, 0.25) is 11.1 Å². The third-order valence-electron chi connectivity index (χ3n) is 3.91. The Hall–Kier alpha value is -2.48. The van der Waals surface area contributed by atoms with Crippen LogP contribution in [-0.2, 0) is 4.79 Å². The Morgan fingerprint density at radius 1 is 1.33 bits per heavy atom. The molecule has 0 bridgehead atoms. The van der Waals surface area contributed by atoms with Crippen molar-refractivity contribution in [3.05, 3.63) is 36.5 Å². The molecule has 1 unspecified atom stereocenters. The standard InChI is InChI=1S/C16H16N6OS/c1-10(24-16-19-20-21-22(16)11-7-8-11)15(23)18-14-6-2-5-13-12(14)4-3-9-17-13/h2-6,9-11H,7-8H2,1H3,(H,18,23). The summed E-state index contributed by atoms with van der Waals surface area (Å²) in [7, 11) is 0. The number of pyridine rings is 1. The zero-order chi connectivity index (χ0) is 16.5. The van der Waals surface area contributed by atoms with E-state index in [1.807, 2.05) is 41.9 Å². The number of carbonyl (C=O) groups is 1. The molecular weight excluding hydrogens is 324 g/mol. The Labute approximate surface area is 142 Å². The van der Waals surface area contributed by atoms with Crippen molar-refractivity contribution in [2.45, 2.75) is 36.2 Å². The molecule has 0 aliphatic heterocycles. The van der Waals surface area contributed by atoms with E-state index in [0.29, 0.717) is 11.2 Å². The topological polar surface area (TPSA) is 85.6 Å². The molecule has 1 aromatic carbocycles. The van der Waals surface area contributed by atoms with Crippen molar-refractivity contribution in [1.82, 2.24) is 25.2 Å². The Bertz CT molecular complexity index is 886. The van der Waals surface area contributed by atoms with Gasteiger partial charge in [0.15, 0.2) is 0 Å². The van der Waals surface area contributed by atoms with Crippen LogP contribution in [0.2, 0.25) is 0 Å². The highest BCUT2D eigenvalue weighted by Gasteiger charge is 2.29. The number of aromatic nitrogens is 5. The molecule has 2 aromatic heterocycles. The van der Waals surface area contributed by atoms with Gasteiger partial charge in [-0.05, 0) is 54.5 Å². The highest BCUT2D eigenvalue weighted by atomic mass is 32.2. The number of anilines is 1. The summed E-state index contributed by atoms with van der Waals surface area (Å²) in [4.78, 5) is 16.9. The third kappa shape index (κ3) is 2.96. The first-order valence-electron chi connectivity index (χ1n) is 7.81. The van der Waals surface area contributed by atoms with Gasteiger partial charge in [-0.1, -0.05) is 17.8 Å². The van der Waals surface area contributed by atoms with Crippen LogP contribution < -0.4 is 5.32 Å². The molecule has 1 aliphatic rings.